The number of benzene rings is 1. The Balaban J connectivity index is 2.48. The molecule has 0 unspecified atom stereocenters. The smallest absolute Gasteiger partial charge is 0.119 e. The number of nitrogens with two attached hydrogens (primary N) is 1. The average molecular weight is 244 g/mol. The van der Waals surface area contributed by atoms with Gasteiger partial charge in [-0.2, -0.15) is 5.26 Å². The van der Waals surface area contributed by atoms with Gasteiger partial charge in [-0.1, -0.05) is 0 Å². The van der Waals surface area contributed by atoms with Crippen molar-refractivity contribution in [2.24, 2.45) is 5.73 Å². The molecule has 2 aromatic rings. The number of rotatable bonds is 3. The molecule has 0 atom stereocenters. The van der Waals surface area contributed by atoms with Gasteiger partial charge in [0.15, 0.2) is 0 Å². The first-order valence-electron chi connectivity index (χ1n) is 5.15. The molecule has 0 fully saturated rings. The summed E-state index contributed by atoms with van der Waals surface area (Å²) < 4.78 is 5.17. The molecule has 4 heteroatoms. The van der Waals surface area contributed by atoms with Crippen molar-refractivity contribution in [1.29, 1.82) is 5.26 Å². The molecule has 1 aromatic heterocycles. The zero-order valence-electron chi connectivity index (χ0n) is 9.43. The Hall–Kier alpha value is -1.83. The van der Waals surface area contributed by atoms with Crippen LogP contribution in [0.4, 0.5) is 0 Å². The summed E-state index contributed by atoms with van der Waals surface area (Å²) in [5.41, 5.74) is 7.83. The molecule has 0 aliphatic heterocycles. The van der Waals surface area contributed by atoms with Crippen molar-refractivity contribution in [3.63, 3.8) is 0 Å². The summed E-state index contributed by atoms with van der Waals surface area (Å²) in [5, 5.41) is 8.82. The highest BCUT2D eigenvalue weighted by Gasteiger charge is 2.08. The van der Waals surface area contributed by atoms with Gasteiger partial charge in [-0.25, -0.2) is 0 Å². The summed E-state index contributed by atoms with van der Waals surface area (Å²) in [7, 11) is 1.63. The van der Waals surface area contributed by atoms with E-state index in [0.717, 1.165) is 21.8 Å². The first-order valence-corrected chi connectivity index (χ1v) is 5.97. The highest BCUT2D eigenvalue weighted by atomic mass is 32.1. The van der Waals surface area contributed by atoms with Crippen LogP contribution in [0.2, 0.25) is 0 Å². The number of methoxy groups -OCH3 is 1. The number of hydrogen-bond donors (Lipinski definition) is 1. The third kappa shape index (κ3) is 2.31. The standard InChI is InChI=1S/C13H12N2OS/c1-16-10-2-4-12(9(6-10)7-14)13-5-3-11(8-15)17-13/h2-6H,7,14H2,1H3. The molecule has 0 bridgehead atoms. The van der Waals surface area contributed by atoms with Crippen LogP contribution in [0.1, 0.15) is 10.4 Å². The lowest BCUT2D eigenvalue weighted by Crippen LogP contribution is -1.99. The number of hydrogen-bond acceptors (Lipinski definition) is 4. The van der Waals surface area contributed by atoms with E-state index in [0.29, 0.717) is 11.4 Å². The molecule has 0 aliphatic carbocycles. The van der Waals surface area contributed by atoms with Gasteiger partial charge in [0.05, 0.1) is 7.11 Å². The third-order valence-electron chi connectivity index (χ3n) is 2.51. The number of ether oxygens (including phenoxy) is 1. The Morgan fingerprint density at radius 3 is 2.76 bits per heavy atom. The van der Waals surface area contributed by atoms with Gasteiger partial charge in [0.1, 0.15) is 16.7 Å². The fraction of sp³-hybridized carbons (Fsp3) is 0.154. The van der Waals surface area contributed by atoms with Gasteiger partial charge in [-0.15, -0.1) is 11.3 Å². The molecule has 0 saturated heterocycles. The summed E-state index contributed by atoms with van der Waals surface area (Å²) in [6.45, 7) is 0.451. The van der Waals surface area contributed by atoms with Crippen LogP contribution in [0.25, 0.3) is 10.4 Å². The average Bonchev–Trinajstić information content (AvgIpc) is 2.86. The van der Waals surface area contributed by atoms with Gasteiger partial charge in [0, 0.05) is 11.4 Å². The number of thiophene rings is 1. The van der Waals surface area contributed by atoms with Gasteiger partial charge < -0.3 is 10.5 Å². The Labute approximate surface area is 104 Å². The molecule has 17 heavy (non-hydrogen) atoms. The highest BCUT2D eigenvalue weighted by molar-refractivity contribution is 7.16. The van der Waals surface area contributed by atoms with Crippen molar-refractivity contribution in [2.75, 3.05) is 7.11 Å². The number of nitriles is 1. The molecule has 2 rings (SSSR count). The fourth-order valence-electron chi connectivity index (χ4n) is 1.65. The van der Waals surface area contributed by atoms with Gasteiger partial charge in [-0.3, -0.25) is 0 Å². The largest absolute Gasteiger partial charge is 0.497 e. The van der Waals surface area contributed by atoms with Crippen LogP contribution in [-0.4, -0.2) is 7.11 Å². The second-order valence-electron chi connectivity index (χ2n) is 3.50. The van der Waals surface area contributed by atoms with E-state index < -0.39 is 0 Å². The van der Waals surface area contributed by atoms with Gasteiger partial charge in [0.25, 0.3) is 0 Å². The molecule has 2 N–H and O–H groups in total. The van der Waals surface area contributed by atoms with Crippen LogP contribution in [0, 0.1) is 11.3 Å². The molecule has 86 valence electrons. The summed E-state index contributed by atoms with van der Waals surface area (Å²) >= 11 is 1.47. The fourth-order valence-corrected chi connectivity index (χ4v) is 2.51. The van der Waals surface area contributed by atoms with E-state index in [1.165, 1.54) is 11.3 Å². The van der Waals surface area contributed by atoms with E-state index in [1.807, 2.05) is 30.3 Å². The molecule has 0 radical (unpaired) electrons. The zero-order chi connectivity index (χ0) is 12.3. The summed E-state index contributed by atoms with van der Waals surface area (Å²) in [6, 6.07) is 11.7. The highest BCUT2D eigenvalue weighted by Crippen LogP contribution is 2.32. The Kier molecular flexibility index (Phi) is 3.43. The molecule has 1 aromatic carbocycles. The number of nitrogens with zero attached hydrogens (tertiary/aromatic N) is 1. The van der Waals surface area contributed by atoms with Crippen LogP contribution < -0.4 is 10.5 Å². The molecular formula is C13H12N2OS. The van der Waals surface area contributed by atoms with Crippen molar-refractivity contribution >= 4 is 11.3 Å². The van der Waals surface area contributed by atoms with Crippen molar-refractivity contribution in [1.82, 2.24) is 0 Å². The second kappa shape index (κ2) is 5.00. The Morgan fingerprint density at radius 2 is 2.18 bits per heavy atom. The summed E-state index contributed by atoms with van der Waals surface area (Å²) in [5.74, 6) is 0.797. The molecule has 1 heterocycles. The normalized spacial score (nSPS) is 9.94. The molecule has 0 saturated carbocycles. The van der Waals surface area contributed by atoms with E-state index in [4.69, 9.17) is 15.7 Å². The molecular weight excluding hydrogens is 232 g/mol. The van der Waals surface area contributed by atoms with E-state index in [2.05, 4.69) is 6.07 Å². The lowest BCUT2D eigenvalue weighted by atomic mass is 10.1. The minimum Gasteiger partial charge on any atom is -0.497 e. The Morgan fingerprint density at radius 1 is 1.35 bits per heavy atom. The second-order valence-corrected chi connectivity index (χ2v) is 4.59. The molecule has 0 amide bonds. The molecule has 3 nitrogen and oxygen atoms in total. The van der Waals surface area contributed by atoms with Crippen LogP contribution in [-0.2, 0) is 6.54 Å². The monoisotopic (exact) mass is 244 g/mol. The van der Waals surface area contributed by atoms with Crippen molar-refractivity contribution in [3.05, 3.63) is 40.8 Å². The predicted molar refractivity (Wildman–Crippen MR) is 68.9 cm³/mol. The summed E-state index contributed by atoms with van der Waals surface area (Å²) in [6.07, 6.45) is 0. The predicted octanol–water partition coefficient (Wildman–Crippen LogP) is 2.75. The van der Waals surface area contributed by atoms with E-state index in [1.54, 1.807) is 7.11 Å². The maximum absolute atomic E-state index is 8.82. The first kappa shape index (κ1) is 11.6. The van der Waals surface area contributed by atoms with Crippen molar-refractivity contribution in [3.8, 4) is 22.3 Å². The third-order valence-corrected chi connectivity index (χ3v) is 3.54. The maximum Gasteiger partial charge on any atom is 0.119 e. The molecule has 0 aliphatic rings. The SMILES string of the molecule is COc1ccc(-c2ccc(C#N)s2)c(CN)c1. The molecule has 0 spiro atoms. The van der Waals surface area contributed by atoms with E-state index in [9.17, 15) is 0 Å². The maximum atomic E-state index is 8.82. The van der Waals surface area contributed by atoms with E-state index >= 15 is 0 Å². The Bertz CT molecular complexity index is 569. The minimum atomic E-state index is 0.451. The van der Waals surface area contributed by atoms with Crippen LogP contribution in [0.15, 0.2) is 30.3 Å². The van der Waals surface area contributed by atoms with E-state index in [-0.39, 0.29) is 0 Å². The van der Waals surface area contributed by atoms with Crippen molar-refractivity contribution in [2.45, 2.75) is 6.54 Å². The lowest BCUT2D eigenvalue weighted by Gasteiger charge is -2.08. The first-order chi connectivity index (χ1) is 8.28. The van der Waals surface area contributed by atoms with Crippen LogP contribution in [0.3, 0.4) is 0 Å². The summed E-state index contributed by atoms with van der Waals surface area (Å²) in [4.78, 5) is 1.77. The van der Waals surface area contributed by atoms with Crippen LogP contribution >= 0.6 is 11.3 Å². The van der Waals surface area contributed by atoms with Gasteiger partial charge in [0.2, 0.25) is 0 Å². The van der Waals surface area contributed by atoms with Gasteiger partial charge >= 0.3 is 0 Å². The quantitative estimate of drug-likeness (QED) is 0.903. The van der Waals surface area contributed by atoms with Gasteiger partial charge in [-0.05, 0) is 41.5 Å². The lowest BCUT2D eigenvalue weighted by molar-refractivity contribution is 0.414. The topological polar surface area (TPSA) is 59.0 Å². The van der Waals surface area contributed by atoms with Crippen molar-refractivity contribution < 1.29 is 4.74 Å². The minimum absolute atomic E-state index is 0.451. The van der Waals surface area contributed by atoms with Crippen LogP contribution in [0.5, 0.6) is 5.75 Å². The zero-order valence-corrected chi connectivity index (χ0v) is 10.3.